The average molecular weight is 395 g/mol. The number of aliphatic hydroxyl groups excluding tert-OH is 2. The van der Waals surface area contributed by atoms with Crippen LogP contribution in [0.25, 0.3) is 11.2 Å². The maximum atomic E-state index is 14.1. The molecule has 2 aromatic rings. The standard InChI is InChI=1S/C10H11FIN5O3/c11-4-6(19)3(1-18)20-9(4)17-2-14-5-7(13)15-10(12)16-8(5)17/h2-4,6,9,18-19H,1H2,(H2,13,15,16)/t3-,4-,6-,9-/m1/s1. The number of hydrogen-bond acceptors (Lipinski definition) is 7. The number of ether oxygens (including phenoxy) is 1. The van der Waals surface area contributed by atoms with Gasteiger partial charge < -0.3 is 20.7 Å². The van der Waals surface area contributed by atoms with E-state index in [4.69, 9.17) is 15.6 Å². The van der Waals surface area contributed by atoms with Gasteiger partial charge in [0.1, 0.15) is 17.7 Å². The highest BCUT2D eigenvalue weighted by atomic mass is 127. The minimum absolute atomic E-state index is 0.186. The van der Waals surface area contributed by atoms with Gasteiger partial charge in [-0.25, -0.2) is 19.3 Å². The SMILES string of the molecule is Nc1nc(I)nc2c1ncn2[C@@H]1O[C@H](CO)[C@@H](O)[C@H]1F. The molecule has 1 saturated heterocycles. The predicted molar refractivity (Wildman–Crippen MR) is 74.4 cm³/mol. The molecule has 10 heteroatoms. The zero-order valence-electron chi connectivity index (χ0n) is 10.0. The van der Waals surface area contributed by atoms with E-state index < -0.39 is 31.2 Å². The minimum Gasteiger partial charge on any atom is -0.394 e. The number of halogens is 2. The van der Waals surface area contributed by atoms with Gasteiger partial charge in [-0.15, -0.1) is 0 Å². The Balaban J connectivity index is 2.07. The Morgan fingerprint density at radius 1 is 1.50 bits per heavy atom. The van der Waals surface area contributed by atoms with Crippen LogP contribution in [0.5, 0.6) is 0 Å². The molecule has 1 fully saturated rings. The maximum Gasteiger partial charge on any atom is 0.194 e. The molecule has 3 rings (SSSR count). The van der Waals surface area contributed by atoms with E-state index in [1.54, 1.807) is 0 Å². The second-order valence-electron chi connectivity index (χ2n) is 4.38. The molecule has 3 heterocycles. The smallest absolute Gasteiger partial charge is 0.194 e. The van der Waals surface area contributed by atoms with Gasteiger partial charge in [0.2, 0.25) is 0 Å². The summed E-state index contributed by atoms with van der Waals surface area (Å²) in [7, 11) is 0. The highest BCUT2D eigenvalue weighted by Gasteiger charge is 2.45. The van der Waals surface area contributed by atoms with Crippen molar-refractivity contribution < 1.29 is 19.3 Å². The van der Waals surface area contributed by atoms with Gasteiger partial charge in [0, 0.05) is 22.6 Å². The van der Waals surface area contributed by atoms with Crippen molar-refractivity contribution in [1.29, 1.82) is 0 Å². The molecule has 2 aromatic heterocycles. The van der Waals surface area contributed by atoms with Crippen LogP contribution in [0.15, 0.2) is 6.33 Å². The first kappa shape index (κ1) is 13.9. The van der Waals surface area contributed by atoms with Crippen molar-refractivity contribution in [1.82, 2.24) is 19.5 Å². The van der Waals surface area contributed by atoms with E-state index in [0.717, 1.165) is 0 Å². The topological polar surface area (TPSA) is 119 Å². The molecule has 8 nitrogen and oxygen atoms in total. The van der Waals surface area contributed by atoms with Gasteiger partial charge >= 0.3 is 0 Å². The van der Waals surface area contributed by atoms with Gasteiger partial charge in [0.15, 0.2) is 27.7 Å². The van der Waals surface area contributed by atoms with Crippen LogP contribution in [0.4, 0.5) is 10.2 Å². The fourth-order valence-corrected chi connectivity index (χ4v) is 2.66. The van der Waals surface area contributed by atoms with Crippen LogP contribution in [0.2, 0.25) is 0 Å². The summed E-state index contributed by atoms with van der Waals surface area (Å²) >= 11 is 1.88. The number of hydrogen-bond donors (Lipinski definition) is 3. The van der Waals surface area contributed by atoms with Crippen molar-refractivity contribution >= 4 is 39.6 Å². The quantitative estimate of drug-likeness (QED) is 0.468. The van der Waals surface area contributed by atoms with E-state index in [-0.39, 0.29) is 5.82 Å². The van der Waals surface area contributed by atoms with Gasteiger partial charge in [-0.2, -0.15) is 0 Å². The molecule has 20 heavy (non-hydrogen) atoms. The fraction of sp³-hybridized carbons (Fsp3) is 0.500. The first-order valence-corrected chi connectivity index (χ1v) is 6.84. The number of rotatable bonds is 2. The number of aliphatic hydroxyl groups is 2. The Labute approximate surface area is 125 Å². The van der Waals surface area contributed by atoms with Crippen LogP contribution in [-0.4, -0.2) is 54.7 Å². The summed E-state index contributed by atoms with van der Waals surface area (Å²) in [5.41, 5.74) is 6.38. The molecule has 0 aromatic carbocycles. The van der Waals surface area contributed by atoms with E-state index in [1.807, 2.05) is 22.6 Å². The second-order valence-corrected chi connectivity index (χ2v) is 5.35. The van der Waals surface area contributed by atoms with Crippen LogP contribution < -0.4 is 5.73 Å². The zero-order valence-corrected chi connectivity index (χ0v) is 12.2. The molecule has 0 unspecified atom stereocenters. The largest absolute Gasteiger partial charge is 0.394 e. The van der Waals surface area contributed by atoms with Crippen LogP contribution in [-0.2, 0) is 4.74 Å². The maximum absolute atomic E-state index is 14.1. The summed E-state index contributed by atoms with van der Waals surface area (Å²) in [4.78, 5) is 12.2. The second kappa shape index (κ2) is 5.02. The molecule has 0 amide bonds. The number of nitrogen functional groups attached to an aromatic ring is 1. The molecule has 108 valence electrons. The fourth-order valence-electron chi connectivity index (χ4n) is 2.18. The Morgan fingerprint density at radius 3 is 2.90 bits per heavy atom. The summed E-state index contributed by atoms with van der Waals surface area (Å²) in [5.74, 6) is 0.186. The van der Waals surface area contributed by atoms with E-state index in [9.17, 15) is 9.50 Å². The summed E-state index contributed by atoms with van der Waals surface area (Å²) < 4.78 is 21.1. The van der Waals surface area contributed by atoms with Gasteiger partial charge in [0.05, 0.1) is 12.9 Å². The Hall–Kier alpha value is -1.11. The van der Waals surface area contributed by atoms with Gasteiger partial charge in [-0.3, -0.25) is 4.57 Å². The lowest BCUT2D eigenvalue weighted by Gasteiger charge is -2.15. The molecule has 1 aliphatic rings. The molecule has 0 spiro atoms. The Morgan fingerprint density at radius 2 is 2.25 bits per heavy atom. The first-order chi connectivity index (χ1) is 9.52. The Kier molecular flexibility index (Phi) is 3.48. The van der Waals surface area contributed by atoms with Gasteiger partial charge in [-0.05, 0) is 0 Å². The van der Waals surface area contributed by atoms with Crippen molar-refractivity contribution in [3.05, 3.63) is 10.2 Å². The number of nitrogens with two attached hydrogens (primary N) is 1. The normalized spacial score (nSPS) is 30.2. The summed E-state index contributed by atoms with van der Waals surface area (Å²) in [6.07, 6.45) is -3.86. The Bertz CT molecular complexity index is 653. The lowest BCUT2D eigenvalue weighted by atomic mass is 10.1. The van der Waals surface area contributed by atoms with Crippen LogP contribution >= 0.6 is 22.6 Å². The van der Waals surface area contributed by atoms with Crippen molar-refractivity contribution in [2.75, 3.05) is 12.3 Å². The van der Waals surface area contributed by atoms with E-state index in [0.29, 0.717) is 15.0 Å². The summed E-state index contributed by atoms with van der Waals surface area (Å²) in [5, 5.41) is 18.7. The highest BCUT2D eigenvalue weighted by molar-refractivity contribution is 14.1. The number of aromatic nitrogens is 4. The number of fused-ring (bicyclic) bond motifs is 1. The van der Waals surface area contributed by atoms with Crippen molar-refractivity contribution in [2.45, 2.75) is 24.6 Å². The molecular weight excluding hydrogens is 384 g/mol. The average Bonchev–Trinajstić information content (AvgIpc) is 2.93. The lowest BCUT2D eigenvalue weighted by molar-refractivity contribution is -0.0459. The molecule has 4 N–H and O–H groups in total. The molecular formula is C10H11FIN5O3. The van der Waals surface area contributed by atoms with Crippen LogP contribution in [0, 0.1) is 3.83 Å². The van der Waals surface area contributed by atoms with Crippen LogP contribution in [0.3, 0.4) is 0 Å². The number of alkyl halides is 1. The third-order valence-corrected chi connectivity index (χ3v) is 3.65. The van der Waals surface area contributed by atoms with E-state index in [2.05, 4.69) is 15.0 Å². The number of imidazole rings is 1. The van der Waals surface area contributed by atoms with Gasteiger partial charge in [0.25, 0.3) is 0 Å². The monoisotopic (exact) mass is 395 g/mol. The third kappa shape index (κ3) is 2.03. The van der Waals surface area contributed by atoms with Crippen molar-refractivity contribution in [3.8, 4) is 0 Å². The predicted octanol–water partition coefficient (Wildman–Crippen LogP) is -0.398. The number of nitrogens with zero attached hydrogens (tertiary/aromatic N) is 4. The minimum atomic E-state index is -1.70. The summed E-state index contributed by atoms with van der Waals surface area (Å²) in [6, 6.07) is 0. The molecule has 4 atom stereocenters. The third-order valence-electron chi connectivity index (χ3n) is 3.17. The molecule has 1 aliphatic heterocycles. The molecule has 0 radical (unpaired) electrons. The molecule has 0 saturated carbocycles. The number of anilines is 1. The van der Waals surface area contributed by atoms with Crippen LogP contribution in [0.1, 0.15) is 6.23 Å². The van der Waals surface area contributed by atoms with Gasteiger partial charge in [-0.1, -0.05) is 0 Å². The zero-order chi connectivity index (χ0) is 14.4. The molecule has 0 aliphatic carbocycles. The summed E-state index contributed by atoms with van der Waals surface area (Å²) in [6.45, 7) is -0.473. The van der Waals surface area contributed by atoms with E-state index >= 15 is 0 Å². The highest BCUT2D eigenvalue weighted by Crippen LogP contribution is 2.33. The van der Waals surface area contributed by atoms with Crippen molar-refractivity contribution in [3.63, 3.8) is 0 Å². The van der Waals surface area contributed by atoms with E-state index in [1.165, 1.54) is 10.9 Å². The first-order valence-electron chi connectivity index (χ1n) is 5.77. The molecule has 0 bridgehead atoms. The van der Waals surface area contributed by atoms with Crippen molar-refractivity contribution in [2.24, 2.45) is 0 Å². The lowest BCUT2D eigenvalue weighted by Crippen LogP contribution is -2.30.